The predicted octanol–water partition coefficient (Wildman–Crippen LogP) is 0.481. The third kappa shape index (κ3) is 0.518. The van der Waals surface area contributed by atoms with Crippen LogP contribution in [0.3, 0.4) is 0 Å². The van der Waals surface area contributed by atoms with Crippen molar-refractivity contribution < 1.29 is 4.74 Å². The van der Waals surface area contributed by atoms with Gasteiger partial charge in [-0.15, -0.1) is 0 Å². The number of nitrogens with one attached hydrogen (secondary N) is 1. The molecule has 0 saturated carbocycles. The minimum atomic E-state index is 0.317. The lowest BCUT2D eigenvalue weighted by Gasteiger charge is -1.79. The molecule has 0 bridgehead atoms. The van der Waals surface area contributed by atoms with Crippen LogP contribution in [-0.2, 0) is 4.74 Å². The third-order valence-electron chi connectivity index (χ3n) is 1.20. The second-order valence-corrected chi connectivity index (χ2v) is 1.83. The summed E-state index contributed by atoms with van der Waals surface area (Å²) in [6.45, 7) is 0.849. The fraction of sp³-hybridized carbons (Fsp3) is 0.400. The topological polar surface area (TPSA) is 41.2 Å². The average Bonchev–Trinajstić information content (AvgIpc) is 2.49. The number of nitrogens with zero attached hydrogens (tertiary/aromatic N) is 1. The molecule has 1 aliphatic rings. The number of H-pyrrole nitrogens is 1. The van der Waals surface area contributed by atoms with Crippen LogP contribution in [0.4, 0.5) is 0 Å². The molecule has 1 aromatic heterocycles. The molecule has 3 nitrogen and oxygen atoms in total. The maximum atomic E-state index is 4.98. The zero-order chi connectivity index (χ0) is 5.40. The summed E-state index contributed by atoms with van der Waals surface area (Å²) < 4.78 is 4.98. The molecule has 0 aliphatic carbocycles. The van der Waals surface area contributed by atoms with Crippen LogP contribution in [-0.4, -0.2) is 16.6 Å². The normalized spacial score (nSPS) is 25.8. The average molecular weight is 110 g/mol. The van der Waals surface area contributed by atoms with Crippen molar-refractivity contribution in [2.24, 2.45) is 0 Å². The monoisotopic (exact) mass is 110 g/mol. The largest absolute Gasteiger partial charge is 0.366 e. The molecule has 3 heteroatoms. The molecule has 1 aromatic rings. The van der Waals surface area contributed by atoms with Crippen LogP contribution in [0.2, 0.25) is 0 Å². The highest BCUT2D eigenvalue weighted by Crippen LogP contribution is 2.26. The first-order valence-electron chi connectivity index (χ1n) is 2.57. The molecule has 2 rings (SSSR count). The van der Waals surface area contributed by atoms with E-state index >= 15 is 0 Å². The van der Waals surface area contributed by atoms with Crippen LogP contribution in [0.15, 0.2) is 12.5 Å². The maximum Gasteiger partial charge on any atom is 0.122 e. The predicted molar refractivity (Wildman–Crippen MR) is 27.3 cm³/mol. The smallest absolute Gasteiger partial charge is 0.122 e. The number of ether oxygens (including phenoxy) is 1. The van der Waals surface area contributed by atoms with Crippen LogP contribution in [0, 0.1) is 0 Å². The first kappa shape index (κ1) is 4.09. The molecule has 1 N–H and O–H groups in total. The first-order chi connectivity index (χ1) is 3.97. The van der Waals surface area contributed by atoms with E-state index in [1.54, 1.807) is 12.5 Å². The Balaban J connectivity index is 2.28. The highest BCUT2D eigenvalue weighted by Gasteiger charge is 2.25. The van der Waals surface area contributed by atoms with Crippen molar-refractivity contribution in [3.63, 3.8) is 0 Å². The molecule has 8 heavy (non-hydrogen) atoms. The Kier molecular flexibility index (Phi) is 0.676. The molecule has 0 spiro atoms. The van der Waals surface area contributed by atoms with E-state index in [9.17, 15) is 0 Å². The molecule has 1 atom stereocenters. The van der Waals surface area contributed by atoms with Gasteiger partial charge in [-0.1, -0.05) is 0 Å². The van der Waals surface area contributed by atoms with Crippen molar-refractivity contribution in [3.05, 3.63) is 18.2 Å². The van der Waals surface area contributed by atoms with Crippen LogP contribution < -0.4 is 0 Å². The lowest BCUT2D eigenvalue weighted by Crippen LogP contribution is -1.75. The van der Waals surface area contributed by atoms with Gasteiger partial charge >= 0.3 is 0 Å². The molecule has 1 fully saturated rings. The van der Waals surface area contributed by atoms with E-state index in [1.165, 1.54) is 0 Å². The lowest BCUT2D eigenvalue weighted by molar-refractivity contribution is 0.412. The molecular weight excluding hydrogens is 104 g/mol. The summed E-state index contributed by atoms with van der Waals surface area (Å²) in [5.74, 6) is 0. The second-order valence-electron chi connectivity index (χ2n) is 1.83. The van der Waals surface area contributed by atoms with E-state index in [1.807, 2.05) is 0 Å². The van der Waals surface area contributed by atoms with E-state index in [0.717, 1.165) is 12.3 Å². The standard InChI is InChI=1S/C5H6N2O/c1-4(5-2-8-5)7-3-6-1/h1,3,5H,2H2,(H,6,7). The van der Waals surface area contributed by atoms with Crippen molar-refractivity contribution in [1.29, 1.82) is 0 Å². The van der Waals surface area contributed by atoms with Crippen molar-refractivity contribution in [3.8, 4) is 0 Å². The van der Waals surface area contributed by atoms with Crippen molar-refractivity contribution in [2.75, 3.05) is 6.61 Å². The Bertz CT molecular complexity index is 167. The Morgan fingerprint density at radius 3 is 3.25 bits per heavy atom. The van der Waals surface area contributed by atoms with Gasteiger partial charge in [0.1, 0.15) is 6.10 Å². The molecule has 0 aromatic carbocycles. The number of aromatic nitrogens is 2. The van der Waals surface area contributed by atoms with Crippen LogP contribution in [0.25, 0.3) is 0 Å². The molecule has 1 saturated heterocycles. The Morgan fingerprint density at radius 1 is 1.88 bits per heavy atom. The molecule has 0 amide bonds. The lowest BCUT2D eigenvalue weighted by atomic mass is 10.4. The summed E-state index contributed by atoms with van der Waals surface area (Å²) >= 11 is 0. The fourth-order valence-electron chi connectivity index (χ4n) is 0.670. The molecule has 0 radical (unpaired) electrons. The van der Waals surface area contributed by atoms with Gasteiger partial charge in [0, 0.05) is 0 Å². The van der Waals surface area contributed by atoms with E-state index in [-0.39, 0.29) is 0 Å². The minimum Gasteiger partial charge on any atom is -0.366 e. The molecule has 1 unspecified atom stereocenters. The number of imidazole rings is 1. The molecule has 2 heterocycles. The summed E-state index contributed by atoms with van der Waals surface area (Å²) in [4.78, 5) is 6.81. The van der Waals surface area contributed by atoms with Gasteiger partial charge in [0.2, 0.25) is 0 Å². The van der Waals surface area contributed by atoms with Crippen LogP contribution >= 0.6 is 0 Å². The van der Waals surface area contributed by atoms with Gasteiger partial charge in [-0.05, 0) is 0 Å². The Hall–Kier alpha value is -0.830. The molecular formula is C5H6N2O. The van der Waals surface area contributed by atoms with E-state index < -0.39 is 0 Å². The van der Waals surface area contributed by atoms with Crippen molar-refractivity contribution in [1.82, 2.24) is 9.97 Å². The zero-order valence-electron chi connectivity index (χ0n) is 4.29. The first-order valence-corrected chi connectivity index (χ1v) is 2.57. The van der Waals surface area contributed by atoms with Gasteiger partial charge in [0.15, 0.2) is 0 Å². The van der Waals surface area contributed by atoms with Gasteiger partial charge in [-0.2, -0.15) is 0 Å². The van der Waals surface area contributed by atoms with Crippen molar-refractivity contribution >= 4 is 0 Å². The van der Waals surface area contributed by atoms with E-state index in [4.69, 9.17) is 4.74 Å². The van der Waals surface area contributed by atoms with Crippen molar-refractivity contribution in [2.45, 2.75) is 6.10 Å². The number of hydrogen-bond donors (Lipinski definition) is 1. The summed E-state index contributed by atoms with van der Waals surface area (Å²) in [5.41, 5.74) is 1.09. The minimum absolute atomic E-state index is 0.317. The summed E-state index contributed by atoms with van der Waals surface area (Å²) in [7, 11) is 0. The van der Waals surface area contributed by atoms with Gasteiger partial charge < -0.3 is 9.72 Å². The fourth-order valence-corrected chi connectivity index (χ4v) is 0.670. The van der Waals surface area contributed by atoms with E-state index in [2.05, 4.69) is 9.97 Å². The van der Waals surface area contributed by atoms with Crippen LogP contribution in [0.1, 0.15) is 11.8 Å². The van der Waals surface area contributed by atoms with Gasteiger partial charge in [0.25, 0.3) is 0 Å². The highest BCUT2D eigenvalue weighted by atomic mass is 16.6. The summed E-state index contributed by atoms with van der Waals surface area (Å²) in [5, 5.41) is 0. The summed E-state index contributed by atoms with van der Waals surface area (Å²) in [6, 6.07) is 0. The summed E-state index contributed by atoms with van der Waals surface area (Å²) in [6.07, 6.45) is 3.77. The third-order valence-corrected chi connectivity index (χ3v) is 1.20. The zero-order valence-corrected chi connectivity index (χ0v) is 4.29. The van der Waals surface area contributed by atoms with Gasteiger partial charge in [-0.3, -0.25) is 0 Å². The number of hydrogen-bond acceptors (Lipinski definition) is 2. The number of epoxide rings is 1. The van der Waals surface area contributed by atoms with E-state index in [0.29, 0.717) is 6.10 Å². The van der Waals surface area contributed by atoms with Gasteiger partial charge in [-0.25, -0.2) is 4.98 Å². The number of aromatic amines is 1. The van der Waals surface area contributed by atoms with Crippen LogP contribution in [0.5, 0.6) is 0 Å². The SMILES string of the molecule is c1ncc(C2CO2)[nH]1. The number of rotatable bonds is 1. The quantitative estimate of drug-likeness (QED) is 0.534. The second kappa shape index (κ2) is 1.32. The van der Waals surface area contributed by atoms with Gasteiger partial charge in [0.05, 0.1) is 24.8 Å². The Morgan fingerprint density at radius 2 is 2.75 bits per heavy atom. The highest BCUT2D eigenvalue weighted by molar-refractivity contribution is 5.03. The molecule has 42 valence electrons. The molecule has 1 aliphatic heterocycles. The maximum absolute atomic E-state index is 4.98. The Labute approximate surface area is 46.7 Å².